The van der Waals surface area contributed by atoms with Gasteiger partial charge < -0.3 is 15.0 Å². The number of rotatable bonds is 7. The summed E-state index contributed by atoms with van der Waals surface area (Å²) in [5, 5.41) is 2.37. The Morgan fingerprint density at radius 2 is 1.84 bits per heavy atom. The Balaban J connectivity index is 1.71. The van der Waals surface area contributed by atoms with E-state index in [-0.39, 0.29) is 0 Å². The van der Waals surface area contributed by atoms with E-state index in [2.05, 4.69) is 43.7 Å². The van der Waals surface area contributed by atoms with Crippen molar-refractivity contribution in [2.45, 2.75) is 38.3 Å². The zero-order valence-electron chi connectivity index (χ0n) is 12.3. The van der Waals surface area contributed by atoms with Crippen LogP contribution in [0.25, 0.3) is 0 Å². The highest BCUT2D eigenvalue weighted by Crippen LogP contribution is 2.24. The van der Waals surface area contributed by atoms with E-state index in [0.29, 0.717) is 6.10 Å². The highest BCUT2D eigenvalue weighted by molar-refractivity contribution is 5.27. The summed E-state index contributed by atoms with van der Waals surface area (Å²) in [6, 6.07) is 8.64. The quantitative estimate of drug-likeness (QED) is 0.678. The predicted octanol–water partition coefficient (Wildman–Crippen LogP) is 0.216. The standard InChI is InChI=1S/C16H26N2O/c1-18(2)12-11-17-13-14-7-9-16(10-8-14)19-15-5-3-4-6-15/h7-10,15,17H,3-6,11-13H2,1-2H3/p+2. The molecule has 1 aliphatic carbocycles. The molecule has 1 aliphatic rings. The summed E-state index contributed by atoms with van der Waals surface area (Å²) in [5.74, 6) is 1.04. The van der Waals surface area contributed by atoms with Crippen LogP contribution in [-0.2, 0) is 6.54 Å². The van der Waals surface area contributed by atoms with Crippen LogP contribution in [0.1, 0.15) is 31.2 Å². The Labute approximate surface area is 116 Å². The van der Waals surface area contributed by atoms with Crippen LogP contribution in [0.3, 0.4) is 0 Å². The molecule has 0 heterocycles. The topological polar surface area (TPSA) is 30.3 Å². The molecule has 1 fully saturated rings. The van der Waals surface area contributed by atoms with Crippen molar-refractivity contribution in [3.8, 4) is 5.75 Å². The fourth-order valence-electron chi connectivity index (χ4n) is 2.56. The average Bonchev–Trinajstić information content (AvgIpc) is 2.89. The minimum absolute atomic E-state index is 0.459. The van der Waals surface area contributed by atoms with Crippen molar-refractivity contribution in [1.82, 2.24) is 0 Å². The van der Waals surface area contributed by atoms with Crippen LogP contribution in [0.15, 0.2) is 24.3 Å². The van der Waals surface area contributed by atoms with Crippen LogP contribution in [0, 0.1) is 0 Å². The molecule has 2 rings (SSSR count). The third-order valence-electron chi connectivity index (χ3n) is 3.76. The first-order valence-electron chi connectivity index (χ1n) is 7.60. The number of quaternary nitrogens is 2. The van der Waals surface area contributed by atoms with E-state index >= 15 is 0 Å². The van der Waals surface area contributed by atoms with E-state index in [4.69, 9.17) is 4.74 Å². The molecule has 3 N–H and O–H groups in total. The van der Waals surface area contributed by atoms with Gasteiger partial charge in [0.05, 0.1) is 20.2 Å². The van der Waals surface area contributed by atoms with Gasteiger partial charge in [-0.1, -0.05) is 0 Å². The lowest BCUT2D eigenvalue weighted by Gasteiger charge is -2.13. The average molecular weight is 264 g/mol. The number of hydrogen-bond donors (Lipinski definition) is 2. The van der Waals surface area contributed by atoms with Crippen molar-refractivity contribution in [1.29, 1.82) is 0 Å². The molecule has 106 valence electrons. The lowest BCUT2D eigenvalue weighted by atomic mass is 10.2. The second-order valence-corrected chi connectivity index (χ2v) is 5.91. The summed E-state index contributed by atoms with van der Waals surface area (Å²) in [6.45, 7) is 3.46. The normalized spacial score (nSPS) is 16.2. The number of likely N-dealkylation sites (N-methyl/N-ethyl adjacent to an activating group) is 1. The molecule has 0 radical (unpaired) electrons. The van der Waals surface area contributed by atoms with Gasteiger partial charge in [-0.25, -0.2) is 0 Å². The summed E-state index contributed by atoms with van der Waals surface area (Å²) in [5.41, 5.74) is 1.38. The SMILES string of the molecule is C[NH+](C)CC[NH2+]Cc1ccc(OC2CCCC2)cc1. The van der Waals surface area contributed by atoms with Gasteiger partial charge in [-0.3, -0.25) is 0 Å². The summed E-state index contributed by atoms with van der Waals surface area (Å²) in [7, 11) is 4.39. The van der Waals surface area contributed by atoms with Crippen molar-refractivity contribution in [2.75, 3.05) is 27.2 Å². The van der Waals surface area contributed by atoms with Crippen molar-refractivity contribution in [3.05, 3.63) is 29.8 Å². The van der Waals surface area contributed by atoms with Crippen LogP contribution in [0.4, 0.5) is 0 Å². The van der Waals surface area contributed by atoms with Crippen molar-refractivity contribution in [3.63, 3.8) is 0 Å². The predicted molar refractivity (Wildman–Crippen MR) is 77.5 cm³/mol. The highest BCUT2D eigenvalue weighted by Gasteiger charge is 2.16. The van der Waals surface area contributed by atoms with Gasteiger partial charge in [-0.15, -0.1) is 0 Å². The van der Waals surface area contributed by atoms with Gasteiger partial charge in [0.2, 0.25) is 0 Å². The maximum absolute atomic E-state index is 5.97. The van der Waals surface area contributed by atoms with Crippen LogP contribution in [-0.4, -0.2) is 33.3 Å². The molecule has 0 spiro atoms. The molecular weight excluding hydrogens is 236 g/mol. The zero-order valence-corrected chi connectivity index (χ0v) is 12.3. The minimum Gasteiger partial charge on any atom is -0.490 e. The van der Waals surface area contributed by atoms with Gasteiger partial charge in [0.1, 0.15) is 25.4 Å². The summed E-state index contributed by atoms with van der Waals surface area (Å²) >= 11 is 0. The molecule has 0 unspecified atom stereocenters. The highest BCUT2D eigenvalue weighted by atomic mass is 16.5. The summed E-state index contributed by atoms with van der Waals surface area (Å²) in [4.78, 5) is 1.51. The molecule has 1 saturated carbocycles. The Kier molecular flexibility index (Phi) is 5.67. The summed E-state index contributed by atoms with van der Waals surface area (Å²) in [6.07, 6.45) is 5.56. The fourth-order valence-corrected chi connectivity index (χ4v) is 2.56. The lowest BCUT2D eigenvalue weighted by molar-refractivity contribution is -0.875. The first-order chi connectivity index (χ1) is 9.24. The Morgan fingerprint density at radius 1 is 1.16 bits per heavy atom. The van der Waals surface area contributed by atoms with Crippen LogP contribution < -0.4 is 15.0 Å². The molecular formula is C16H28N2O+2. The molecule has 19 heavy (non-hydrogen) atoms. The molecule has 0 amide bonds. The third kappa shape index (κ3) is 5.21. The monoisotopic (exact) mass is 264 g/mol. The maximum atomic E-state index is 5.97. The van der Waals surface area contributed by atoms with Crippen LogP contribution in [0.2, 0.25) is 0 Å². The number of ether oxygens (including phenoxy) is 1. The third-order valence-corrected chi connectivity index (χ3v) is 3.76. The van der Waals surface area contributed by atoms with Crippen molar-refractivity contribution in [2.24, 2.45) is 0 Å². The molecule has 1 aromatic carbocycles. The van der Waals surface area contributed by atoms with Crippen molar-refractivity contribution >= 4 is 0 Å². The van der Waals surface area contributed by atoms with Gasteiger partial charge in [0.25, 0.3) is 0 Å². The Morgan fingerprint density at radius 3 is 2.47 bits per heavy atom. The Bertz CT molecular complexity index is 356. The molecule has 3 nitrogen and oxygen atoms in total. The molecule has 3 heteroatoms. The minimum atomic E-state index is 0.459. The molecule has 0 atom stereocenters. The first kappa shape index (κ1) is 14.4. The molecule has 0 aromatic heterocycles. The van der Waals surface area contributed by atoms with Gasteiger partial charge in [-0.05, 0) is 49.9 Å². The van der Waals surface area contributed by atoms with Crippen LogP contribution in [0.5, 0.6) is 5.75 Å². The largest absolute Gasteiger partial charge is 0.490 e. The van der Waals surface area contributed by atoms with E-state index < -0.39 is 0 Å². The lowest BCUT2D eigenvalue weighted by Crippen LogP contribution is -3.09. The van der Waals surface area contributed by atoms with Gasteiger partial charge in [-0.2, -0.15) is 0 Å². The number of nitrogens with one attached hydrogen (secondary N) is 1. The number of benzene rings is 1. The molecule has 0 bridgehead atoms. The van der Waals surface area contributed by atoms with Gasteiger partial charge in [0.15, 0.2) is 0 Å². The second-order valence-electron chi connectivity index (χ2n) is 5.91. The molecule has 0 aliphatic heterocycles. The maximum Gasteiger partial charge on any atom is 0.126 e. The first-order valence-corrected chi connectivity index (χ1v) is 7.60. The fraction of sp³-hybridized carbons (Fsp3) is 0.625. The zero-order chi connectivity index (χ0) is 13.5. The van der Waals surface area contributed by atoms with E-state index in [0.717, 1.165) is 12.3 Å². The van der Waals surface area contributed by atoms with Gasteiger partial charge >= 0.3 is 0 Å². The number of nitrogens with two attached hydrogens (primary N) is 1. The van der Waals surface area contributed by atoms with E-state index in [9.17, 15) is 0 Å². The molecule has 0 saturated heterocycles. The molecule has 1 aromatic rings. The van der Waals surface area contributed by atoms with Crippen molar-refractivity contribution < 1.29 is 15.0 Å². The smallest absolute Gasteiger partial charge is 0.126 e. The van der Waals surface area contributed by atoms with Crippen LogP contribution >= 0.6 is 0 Å². The van der Waals surface area contributed by atoms with Gasteiger partial charge in [0, 0.05) is 5.56 Å². The number of hydrogen-bond acceptors (Lipinski definition) is 1. The summed E-state index contributed by atoms with van der Waals surface area (Å²) < 4.78 is 5.97. The van der Waals surface area contributed by atoms with E-state index in [1.54, 1.807) is 0 Å². The second kappa shape index (κ2) is 7.51. The van der Waals surface area contributed by atoms with E-state index in [1.165, 1.54) is 49.2 Å². The van der Waals surface area contributed by atoms with E-state index in [1.807, 2.05) is 0 Å². The Hall–Kier alpha value is -1.06.